The van der Waals surface area contributed by atoms with Crippen molar-refractivity contribution >= 4 is 15.9 Å². The van der Waals surface area contributed by atoms with E-state index in [-0.39, 0.29) is 19.8 Å². The first kappa shape index (κ1) is 17.3. The van der Waals surface area contributed by atoms with Gasteiger partial charge in [-0.1, -0.05) is 15.9 Å². The molecule has 0 bridgehead atoms. The molecule has 0 heterocycles. The van der Waals surface area contributed by atoms with Gasteiger partial charge in [0.15, 0.2) is 0 Å². The molecule has 0 saturated heterocycles. The Labute approximate surface area is 123 Å². The molecule has 0 aliphatic carbocycles. The molecule has 1 N–H and O–H groups in total. The van der Waals surface area contributed by atoms with Crippen LogP contribution < -0.4 is 4.74 Å². The molecule has 7 heteroatoms. The highest BCUT2D eigenvalue weighted by molar-refractivity contribution is 9.10. The Balaban J connectivity index is 2.39. The Kier molecular flexibility index (Phi) is 6.78. The Bertz CT molecular complexity index is 436. The van der Waals surface area contributed by atoms with Gasteiger partial charge >= 0.3 is 6.18 Å². The van der Waals surface area contributed by atoms with E-state index in [1.807, 2.05) is 13.0 Å². The van der Waals surface area contributed by atoms with Crippen molar-refractivity contribution in [3.8, 4) is 5.75 Å². The van der Waals surface area contributed by atoms with Crippen molar-refractivity contribution < 1.29 is 27.8 Å². The maximum absolute atomic E-state index is 11.8. The molecule has 1 aromatic rings. The van der Waals surface area contributed by atoms with E-state index in [4.69, 9.17) is 4.74 Å². The van der Waals surface area contributed by atoms with Gasteiger partial charge in [0.05, 0.1) is 19.8 Å². The van der Waals surface area contributed by atoms with Crippen LogP contribution in [0.15, 0.2) is 16.6 Å². The van der Waals surface area contributed by atoms with Crippen LogP contribution in [0, 0.1) is 6.92 Å². The van der Waals surface area contributed by atoms with E-state index in [0.29, 0.717) is 17.7 Å². The second-order valence-corrected chi connectivity index (χ2v) is 5.15. The molecule has 0 spiro atoms. The Morgan fingerprint density at radius 3 is 2.55 bits per heavy atom. The topological polar surface area (TPSA) is 38.7 Å². The summed E-state index contributed by atoms with van der Waals surface area (Å²) in [5.74, 6) is 0.562. The molecule has 0 aromatic heterocycles. The van der Waals surface area contributed by atoms with Gasteiger partial charge in [0.25, 0.3) is 0 Å². The second kappa shape index (κ2) is 7.85. The number of rotatable bonds is 7. The van der Waals surface area contributed by atoms with Crippen LogP contribution in [0.2, 0.25) is 0 Å². The van der Waals surface area contributed by atoms with Crippen LogP contribution in [-0.4, -0.2) is 31.1 Å². The highest BCUT2D eigenvalue weighted by atomic mass is 79.9. The average molecular weight is 357 g/mol. The lowest BCUT2D eigenvalue weighted by Crippen LogP contribution is -2.18. The zero-order valence-corrected chi connectivity index (χ0v) is 12.6. The normalized spacial score (nSPS) is 11.7. The zero-order valence-electron chi connectivity index (χ0n) is 11.0. The van der Waals surface area contributed by atoms with E-state index in [0.717, 1.165) is 10.0 Å². The number of alkyl halides is 3. The molecule has 114 valence electrons. The number of hydrogen-bond acceptors (Lipinski definition) is 3. The lowest BCUT2D eigenvalue weighted by Gasteiger charge is -2.14. The van der Waals surface area contributed by atoms with Gasteiger partial charge in [0.2, 0.25) is 0 Å². The molecule has 0 radical (unpaired) electrons. The summed E-state index contributed by atoms with van der Waals surface area (Å²) >= 11 is 3.32. The Morgan fingerprint density at radius 2 is 1.95 bits per heavy atom. The lowest BCUT2D eigenvalue weighted by molar-refractivity contribution is -0.174. The summed E-state index contributed by atoms with van der Waals surface area (Å²) in [6, 6.07) is 3.58. The predicted octanol–water partition coefficient (Wildman–Crippen LogP) is 3.60. The van der Waals surface area contributed by atoms with Crippen LogP contribution in [0.25, 0.3) is 0 Å². The van der Waals surface area contributed by atoms with Crippen LogP contribution in [0.3, 0.4) is 0 Å². The first-order chi connectivity index (χ1) is 9.33. The van der Waals surface area contributed by atoms with Crippen LogP contribution in [0.4, 0.5) is 13.2 Å². The molecule has 1 aromatic carbocycles. The van der Waals surface area contributed by atoms with Crippen molar-refractivity contribution in [1.82, 2.24) is 0 Å². The molecular weight excluding hydrogens is 341 g/mol. The third-order valence-corrected chi connectivity index (χ3v) is 2.89. The lowest BCUT2D eigenvalue weighted by atomic mass is 10.1. The molecule has 0 aliphatic rings. The second-order valence-electron chi connectivity index (χ2n) is 4.24. The molecule has 0 aliphatic heterocycles. The number of aryl methyl sites for hydroxylation is 1. The standard InChI is InChI=1S/C13H16BrF3O3/c1-9-5-11(14)6-10(7-18)12(9)20-4-2-3-19-8-13(15,16)17/h5-6,18H,2-4,7-8H2,1H3. The van der Waals surface area contributed by atoms with Gasteiger partial charge in [-0.25, -0.2) is 0 Å². The quantitative estimate of drug-likeness (QED) is 0.758. The summed E-state index contributed by atoms with van der Waals surface area (Å²) in [5, 5.41) is 9.25. The molecule has 0 fully saturated rings. The van der Waals surface area contributed by atoms with Crippen molar-refractivity contribution in [2.75, 3.05) is 19.8 Å². The third-order valence-electron chi connectivity index (χ3n) is 2.43. The van der Waals surface area contributed by atoms with Crippen molar-refractivity contribution in [2.24, 2.45) is 0 Å². The van der Waals surface area contributed by atoms with E-state index in [9.17, 15) is 18.3 Å². The van der Waals surface area contributed by atoms with Crippen molar-refractivity contribution in [1.29, 1.82) is 0 Å². The molecule has 0 atom stereocenters. The Morgan fingerprint density at radius 1 is 1.25 bits per heavy atom. The fourth-order valence-electron chi connectivity index (χ4n) is 1.65. The van der Waals surface area contributed by atoms with E-state index in [1.165, 1.54) is 0 Å². The predicted molar refractivity (Wildman–Crippen MR) is 71.8 cm³/mol. The largest absolute Gasteiger partial charge is 0.493 e. The first-order valence-corrected chi connectivity index (χ1v) is 6.80. The Hall–Kier alpha value is -0.790. The SMILES string of the molecule is Cc1cc(Br)cc(CO)c1OCCCOCC(F)(F)F. The maximum atomic E-state index is 11.8. The monoisotopic (exact) mass is 356 g/mol. The average Bonchev–Trinajstić information content (AvgIpc) is 2.33. The fourth-order valence-corrected chi connectivity index (χ4v) is 2.27. The summed E-state index contributed by atoms with van der Waals surface area (Å²) < 4.78 is 46.3. The molecular formula is C13H16BrF3O3. The number of ether oxygens (including phenoxy) is 2. The highest BCUT2D eigenvalue weighted by Gasteiger charge is 2.27. The number of hydrogen-bond donors (Lipinski definition) is 1. The minimum Gasteiger partial charge on any atom is -0.493 e. The van der Waals surface area contributed by atoms with Crippen LogP contribution in [0.1, 0.15) is 17.5 Å². The summed E-state index contributed by atoms with van der Waals surface area (Å²) in [6.07, 6.45) is -3.95. The van der Waals surface area contributed by atoms with Gasteiger partial charge in [0.1, 0.15) is 12.4 Å². The van der Waals surface area contributed by atoms with E-state index >= 15 is 0 Å². The summed E-state index contributed by atoms with van der Waals surface area (Å²) in [6.45, 7) is 0.628. The van der Waals surface area contributed by atoms with Gasteiger partial charge < -0.3 is 14.6 Å². The number of aliphatic hydroxyl groups excluding tert-OH is 1. The van der Waals surface area contributed by atoms with E-state index in [2.05, 4.69) is 20.7 Å². The first-order valence-electron chi connectivity index (χ1n) is 6.00. The molecule has 0 unspecified atom stereocenters. The molecule has 3 nitrogen and oxygen atoms in total. The van der Waals surface area contributed by atoms with Crippen molar-refractivity contribution in [3.63, 3.8) is 0 Å². The van der Waals surface area contributed by atoms with E-state index < -0.39 is 12.8 Å². The van der Waals surface area contributed by atoms with Gasteiger partial charge in [-0.15, -0.1) is 0 Å². The van der Waals surface area contributed by atoms with E-state index in [1.54, 1.807) is 6.07 Å². The van der Waals surface area contributed by atoms with Crippen molar-refractivity contribution in [3.05, 3.63) is 27.7 Å². The maximum Gasteiger partial charge on any atom is 0.411 e. The summed E-state index contributed by atoms with van der Waals surface area (Å²) in [7, 11) is 0. The molecule has 1 rings (SSSR count). The van der Waals surface area contributed by atoms with Crippen LogP contribution in [-0.2, 0) is 11.3 Å². The van der Waals surface area contributed by atoms with Crippen LogP contribution >= 0.6 is 15.9 Å². The van der Waals surface area contributed by atoms with Gasteiger partial charge in [0, 0.05) is 16.5 Å². The molecule has 0 amide bonds. The van der Waals surface area contributed by atoms with Gasteiger partial charge in [-0.05, 0) is 24.6 Å². The summed E-state index contributed by atoms with van der Waals surface area (Å²) in [5.41, 5.74) is 1.48. The molecule has 0 saturated carbocycles. The van der Waals surface area contributed by atoms with Crippen LogP contribution in [0.5, 0.6) is 5.75 Å². The molecule has 20 heavy (non-hydrogen) atoms. The number of benzene rings is 1. The van der Waals surface area contributed by atoms with Crippen molar-refractivity contribution in [2.45, 2.75) is 26.1 Å². The smallest absolute Gasteiger partial charge is 0.411 e. The summed E-state index contributed by atoms with van der Waals surface area (Å²) in [4.78, 5) is 0. The minimum absolute atomic E-state index is 0.0243. The minimum atomic E-state index is -4.30. The highest BCUT2D eigenvalue weighted by Crippen LogP contribution is 2.28. The van der Waals surface area contributed by atoms with Gasteiger partial charge in [-0.2, -0.15) is 13.2 Å². The fraction of sp³-hybridized carbons (Fsp3) is 0.538. The third kappa shape index (κ3) is 6.11. The number of aliphatic hydroxyl groups is 1. The zero-order chi connectivity index (χ0) is 15.2. The number of halogens is 4. The van der Waals surface area contributed by atoms with Gasteiger partial charge in [-0.3, -0.25) is 0 Å².